The normalized spacial score (nSPS) is 10.8. The molecule has 0 atom stereocenters. The second kappa shape index (κ2) is 4.55. The standard InChI is InChI=1S/C10H13N3OS/c1-7-8(2)14-10(13-7)5-11-3-9-4-12-6-15-9/h4,6,11H,3,5H2,1-2H3. The summed E-state index contributed by atoms with van der Waals surface area (Å²) in [7, 11) is 0. The molecule has 0 aliphatic carbocycles. The van der Waals surface area contributed by atoms with Gasteiger partial charge in [0.25, 0.3) is 0 Å². The van der Waals surface area contributed by atoms with E-state index in [1.54, 1.807) is 11.3 Å². The summed E-state index contributed by atoms with van der Waals surface area (Å²) in [6, 6.07) is 0. The predicted molar refractivity (Wildman–Crippen MR) is 58.6 cm³/mol. The Morgan fingerprint density at radius 3 is 2.87 bits per heavy atom. The molecule has 0 saturated carbocycles. The monoisotopic (exact) mass is 223 g/mol. The van der Waals surface area contributed by atoms with Gasteiger partial charge in [-0.15, -0.1) is 11.3 Å². The second-order valence-electron chi connectivity index (χ2n) is 3.32. The highest BCUT2D eigenvalue weighted by Crippen LogP contribution is 2.09. The largest absolute Gasteiger partial charge is 0.444 e. The van der Waals surface area contributed by atoms with Crippen LogP contribution in [-0.2, 0) is 13.1 Å². The molecule has 0 fully saturated rings. The number of oxazole rings is 1. The van der Waals surface area contributed by atoms with Crippen molar-refractivity contribution >= 4 is 11.3 Å². The van der Waals surface area contributed by atoms with Gasteiger partial charge in [-0.05, 0) is 13.8 Å². The van der Waals surface area contributed by atoms with Gasteiger partial charge in [0.2, 0.25) is 5.89 Å². The first-order valence-corrected chi connectivity index (χ1v) is 5.64. The molecule has 0 radical (unpaired) electrons. The summed E-state index contributed by atoms with van der Waals surface area (Å²) in [6.45, 7) is 5.35. The van der Waals surface area contributed by atoms with Crippen LogP contribution in [0.25, 0.3) is 0 Å². The van der Waals surface area contributed by atoms with Crippen LogP contribution in [0.2, 0.25) is 0 Å². The van der Waals surface area contributed by atoms with E-state index in [4.69, 9.17) is 4.42 Å². The van der Waals surface area contributed by atoms with Gasteiger partial charge in [-0.1, -0.05) is 0 Å². The van der Waals surface area contributed by atoms with E-state index in [0.717, 1.165) is 23.9 Å². The van der Waals surface area contributed by atoms with Gasteiger partial charge in [0, 0.05) is 17.6 Å². The zero-order chi connectivity index (χ0) is 10.7. The number of hydrogen-bond donors (Lipinski definition) is 1. The third kappa shape index (κ3) is 2.64. The lowest BCUT2D eigenvalue weighted by Crippen LogP contribution is -2.11. The molecule has 5 heteroatoms. The van der Waals surface area contributed by atoms with Gasteiger partial charge < -0.3 is 9.73 Å². The molecule has 0 bridgehead atoms. The van der Waals surface area contributed by atoms with Crippen LogP contribution >= 0.6 is 11.3 Å². The first-order chi connectivity index (χ1) is 7.25. The summed E-state index contributed by atoms with van der Waals surface area (Å²) in [4.78, 5) is 9.51. The van der Waals surface area contributed by atoms with Crippen molar-refractivity contribution < 1.29 is 4.42 Å². The number of rotatable bonds is 4. The molecule has 2 aromatic heterocycles. The fourth-order valence-corrected chi connectivity index (χ4v) is 1.80. The zero-order valence-corrected chi connectivity index (χ0v) is 9.60. The van der Waals surface area contributed by atoms with Crippen molar-refractivity contribution in [2.75, 3.05) is 0 Å². The van der Waals surface area contributed by atoms with Crippen LogP contribution in [-0.4, -0.2) is 9.97 Å². The van der Waals surface area contributed by atoms with Gasteiger partial charge >= 0.3 is 0 Å². The molecule has 0 saturated heterocycles. The van der Waals surface area contributed by atoms with Crippen LogP contribution in [0.4, 0.5) is 0 Å². The molecule has 0 aliphatic rings. The molecule has 0 aromatic carbocycles. The third-order valence-electron chi connectivity index (χ3n) is 2.13. The van der Waals surface area contributed by atoms with E-state index in [0.29, 0.717) is 6.54 Å². The molecule has 1 N–H and O–H groups in total. The molecule has 2 aromatic rings. The Morgan fingerprint density at radius 2 is 2.27 bits per heavy atom. The van der Waals surface area contributed by atoms with E-state index < -0.39 is 0 Å². The molecular weight excluding hydrogens is 210 g/mol. The molecule has 80 valence electrons. The van der Waals surface area contributed by atoms with Crippen LogP contribution in [0.15, 0.2) is 16.1 Å². The van der Waals surface area contributed by atoms with Crippen LogP contribution < -0.4 is 5.32 Å². The average molecular weight is 223 g/mol. The van der Waals surface area contributed by atoms with Gasteiger partial charge in [-0.2, -0.15) is 0 Å². The summed E-state index contributed by atoms with van der Waals surface area (Å²) in [5, 5.41) is 3.26. The Kier molecular flexibility index (Phi) is 3.13. The average Bonchev–Trinajstić information content (AvgIpc) is 2.79. The van der Waals surface area contributed by atoms with Gasteiger partial charge in [0.05, 0.1) is 17.7 Å². The maximum absolute atomic E-state index is 5.45. The Hall–Kier alpha value is -1.20. The highest BCUT2D eigenvalue weighted by molar-refractivity contribution is 7.09. The number of nitrogens with one attached hydrogen (secondary N) is 1. The van der Waals surface area contributed by atoms with Crippen molar-refractivity contribution in [1.82, 2.24) is 15.3 Å². The Labute approximate surface area is 92.4 Å². The highest BCUT2D eigenvalue weighted by atomic mass is 32.1. The molecule has 0 spiro atoms. The molecular formula is C10H13N3OS. The zero-order valence-electron chi connectivity index (χ0n) is 8.78. The topological polar surface area (TPSA) is 51.0 Å². The van der Waals surface area contributed by atoms with Crippen LogP contribution in [0.5, 0.6) is 0 Å². The van der Waals surface area contributed by atoms with E-state index in [9.17, 15) is 0 Å². The molecule has 15 heavy (non-hydrogen) atoms. The third-order valence-corrected chi connectivity index (χ3v) is 2.91. The van der Waals surface area contributed by atoms with Gasteiger partial charge in [0.1, 0.15) is 5.76 Å². The van der Waals surface area contributed by atoms with Crippen molar-refractivity contribution in [1.29, 1.82) is 0 Å². The quantitative estimate of drug-likeness (QED) is 0.861. The van der Waals surface area contributed by atoms with Crippen LogP contribution in [0.3, 0.4) is 0 Å². The van der Waals surface area contributed by atoms with Gasteiger partial charge in [-0.3, -0.25) is 4.98 Å². The lowest BCUT2D eigenvalue weighted by molar-refractivity contribution is 0.449. The smallest absolute Gasteiger partial charge is 0.208 e. The van der Waals surface area contributed by atoms with Crippen molar-refractivity contribution in [3.63, 3.8) is 0 Å². The van der Waals surface area contributed by atoms with Crippen molar-refractivity contribution in [3.8, 4) is 0 Å². The Morgan fingerprint density at radius 1 is 1.40 bits per heavy atom. The summed E-state index contributed by atoms with van der Waals surface area (Å²) >= 11 is 1.64. The lowest BCUT2D eigenvalue weighted by atomic mass is 10.4. The molecule has 2 rings (SSSR count). The Balaban J connectivity index is 1.83. The maximum atomic E-state index is 5.45. The highest BCUT2D eigenvalue weighted by Gasteiger charge is 2.04. The van der Waals surface area contributed by atoms with E-state index >= 15 is 0 Å². The van der Waals surface area contributed by atoms with Gasteiger partial charge in [0.15, 0.2) is 0 Å². The van der Waals surface area contributed by atoms with Crippen molar-refractivity contribution in [2.45, 2.75) is 26.9 Å². The van der Waals surface area contributed by atoms with Crippen molar-refractivity contribution in [2.24, 2.45) is 0 Å². The number of thiazole rings is 1. The predicted octanol–water partition coefficient (Wildman–Crippen LogP) is 2.04. The van der Waals surface area contributed by atoms with E-state index in [1.165, 1.54) is 4.88 Å². The minimum absolute atomic E-state index is 0.659. The molecule has 4 nitrogen and oxygen atoms in total. The van der Waals surface area contributed by atoms with Crippen molar-refractivity contribution in [3.05, 3.63) is 33.9 Å². The van der Waals surface area contributed by atoms with Gasteiger partial charge in [-0.25, -0.2) is 4.98 Å². The summed E-state index contributed by atoms with van der Waals surface area (Å²) in [6.07, 6.45) is 1.86. The molecule has 0 aliphatic heterocycles. The fourth-order valence-electron chi connectivity index (χ4n) is 1.24. The van der Waals surface area contributed by atoms with Crippen LogP contribution in [0.1, 0.15) is 22.2 Å². The minimum atomic E-state index is 0.659. The molecule has 0 amide bonds. The first kappa shape index (κ1) is 10.3. The second-order valence-corrected chi connectivity index (χ2v) is 4.29. The van der Waals surface area contributed by atoms with E-state index in [-0.39, 0.29) is 0 Å². The summed E-state index contributed by atoms with van der Waals surface area (Å²) in [5.41, 5.74) is 2.79. The number of aromatic nitrogens is 2. The van der Waals surface area contributed by atoms with E-state index in [1.807, 2.05) is 25.6 Å². The SMILES string of the molecule is Cc1nc(CNCc2cncs2)oc1C. The van der Waals surface area contributed by atoms with E-state index in [2.05, 4.69) is 15.3 Å². The summed E-state index contributed by atoms with van der Waals surface area (Å²) < 4.78 is 5.45. The fraction of sp³-hybridized carbons (Fsp3) is 0.400. The lowest BCUT2D eigenvalue weighted by Gasteiger charge is -1.97. The summed E-state index contributed by atoms with van der Waals surface area (Å²) in [5.74, 6) is 1.64. The number of hydrogen-bond acceptors (Lipinski definition) is 5. The Bertz CT molecular complexity index is 402. The number of aryl methyl sites for hydroxylation is 2. The maximum Gasteiger partial charge on any atom is 0.208 e. The number of nitrogens with zero attached hydrogens (tertiary/aromatic N) is 2. The minimum Gasteiger partial charge on any atom is -0.444 e. The molecule has 2 heterocycles. The first-order valence-electron chi connectivity index (χ1n) is 4.76. The van der Waals surface area contributed by atoms with Crippen LogP contribution in [0, 0.1) is 13.8 Å². The molecule has 0 unspecified atom stereocenters.